The highest BCUT2D eigenvalue weighted by molar-refractivity contribution is 9.10. The van der Waals surface area contributed by atoms with Crippen LogP contribution in [0, 0.1) is 17.2 Å². The number of nitrogens with one attached hydrogen (secondary N) is 1. The first-order valence-electron chi connectivity index (χ1n) is 7.41. The van der Waals surface area contributed by atoms with Crippen molar-refractivity contribution < 1.29 is 23.9 Å². The smallest absolute Gasteiger partial charge is 0.319 e. The van der Waals surface area contributed by atoms with Crippen molar-refractivity contribution in [1.29, 1.82) is 5.26 Å². The highest BCUT2D eigenvalue weighted by Crippen LogP contribution is 2.40. The maximum Gasteiger partial charge on any atom is 0.319 e. The summed E-state index contributed by atoms with van der Waals surface area (Å²) < 4.78 is 10.1. The van der Waals surface area contributed by atoms with Crippen LogP contribution in [0.4, 0.5) is 0 Å². The molecule has 0 saturated heterocycles. The molecule has 0 spiro atoms. The number of halogens is 1. The molecule has 0 radical (unpaired) electrons. The minimum Gasteiger partial charge on any atom is -0.468 e. The normalized spacial score (nSPS) is 19.4. The minimum absolute atomic E-state index is 0.0780. The summed E-state index contributed by atoms with van der Waals surface area (Å²) >= 11 is 4.33. The van der Waals surface area contributed by atoms with Crippen LogP contribution < -0.4 is 5.32 Å². The second-order valence-corrected chi connectivity index (χ2v) is 7.14. The van der Waals surface area contributed by atoms with Crippen LogP contribution in [0.5, 0.6) is 0 Å². The molecular formula is C17H15BrN2O5S. The number of nitriles is 1. The number of methoxy groups -OCH3 is 2. The summed E-state index contributed by atoms with van der Waals surface area (Å²) in [6.07, 6.45) is 0. The summed E-state index contributed by atoms with van der Waals surface area (Å²) in [5.41, 5.74) is 0.796. The number of carbonyl (C=O) groups is 3. The topological polar surface area (TPSA) is 105 Å². The fourth-order valence-corrected chi connectivity index (χ4v) is 3.87. The maximum absolute atomic E-state index is 12.6. The second kappa shape index (κ2) is 8.87. The van der Waals surface area contributed by atoms with Crippen LogP contribution in [0.3, 0.4) is 0 Å². The first kappa shape index (κ1) is 20.0. The maximum atomic E-state index is 12.6. The quantitative estimate of drug-likeness (QED) is 0.553. The Balaban J connectivity index is 2.55. The van der Waals surface area contributed by atoms with E-state index in [1.54, 1.807) is 24.3 Å². The Morgan fingerprint density at radius 2 is 2.08 bits per heavy atom. The summed E-state index contributed by atoms with van der Waals surface area (Å²) in [4.78, 5) is 36.2. The standard InChI is InChI=1S/C17H15BrN2O5S/c1-24-12(21)8-26-16-11(7-19)13(9-4-3-5-10(18)6-9)14(15(22)20-16)17(23)25-2/h3-6,13-14H,8H2,1-2H3,(H,20,22)/t13-,14-/m0/s1. The number of allylic oxidation sites excluding steroid dienone is 1. The van der Waals surface area contributed by atoms with Crippen LogP contribution in [0.2, 0.25) is 0 Å². The van der Waals surface area contributed by atoms with Crippen LogP contribution >= 0.6 is 27.7 Å². The summed E-state index contributed by atoms with van der Waals surface area (Å²) in [7, 11) is 2.43. The fourth-order valence-electron chi connectivity index (χ4n) is 2.57. The Morgan fingerprint density at radius 3 is 2.65 bits per heavy atom. The van der Waals surface area contributed by atoms with Crippen molar-refractivity contribution in [3.8, 4) is 6.07 Å². The second-order valence-electron chi connectivity index (χ2n) is 5.24. The van der Waals surface area contributed by atoms with Crippen LogP contribution in [-0.2, 0) is 23.9 Å². The predicted octanol–water partition coefficient (Wildman–Crippen LogP) is 2.09. The van der Waals surface area contributed by atoms with Crippen LogP contribution in [0.1, 0.15) is 11.5 Å². The van der Waals surface area contributed by atoms with Gasteiger partial charge >= 0.3 is 11.9 Å². The monoisotopic (exact) mass is 438 g/mol. The Hall–Kier alpha value is -2.31. The molecule has 1 aliphatic rings. The molecule has 0 bridgehead atoms. The van der Waals surface area contributed by atoms with Gasteiger partial charge in [0.25, 0.3) is 0 Å². The number of benzene rings is 1. The van der Waals surface area contributed by atoms with Gasteiger partial charge in [-0.3, -0.25) is 14.4 Å². The molecule has 2 rings (SSSR count). The summed E-state index contributed by atoms with van der Waals surface area (Å²) in [5.74, 6) is -3.93. The molecule has 1 aliphatic heterocycles. The number of rotatable bonds is 5. The summed E-state index contributed by atoms with van der Waals surface area (Å²) in [6, 6.07) is 9.06. The van der Waals surface area contributed by atoms with E-state index in [0.29, 0.717) is 5.56 Å². The highest BCUT2D eigenvalue weighted by Gasteiger charge is 2.44. The molecule has 1 N–H and O–H groups in total. The van der Waals surface area contributed by atoms with Crippen molar-refractivity contribution in [2.75, 3.05) is 20.0 Å². The molecule has 0 unspecified atom stereocenters. The molecule has 1 heterocycles. The molecule has 136 valence electrons. The van der Waals surface area contributed by atoms with Crippen LogP contribution in [0.25, 0.3) is 0 Å². The number of hydrogen-bond acceptors (Lipinski definition) is 7. The zero-order chi connectivity index (χ0) is 19.3. The number of ether oxygens (including phenoxy) is 2. The van der Waals surface area contributed by atoms with Gasteiger partial charge in [-0.05, 0) is 17.7 Å². The highest BCUT2D eigenvalue weighted by atomic mass is 79.9. The van der Waals surface area contributed by atoms with Gasteiger partial charge in [0.1, 0.15) is 5.92 Å². The van der Waals surface area contributed by atoms with Gasteiger partial charge in [0.15, 0.2) is 0 Å². The molecular weight excluding hydrogens is 424 g/mol. The minimum atomic E-state index is -1.20. The average molecular weight is 439 g/mol. The number of carbonyl (C=O) groups excluding carboxylic acids is 3. The lowest BCUT2D eigenvalue weighted by Crippen LogP contribution is -2.44. The lowest BCUT2D eigenvalue weighted by molar-refractivity contribution is -0.150. The van der Waals surface area contributed by atoms with Crippen molar-refractivity contribution >= 4 is 45.5 Å². The van der Waals surface area contributed by atoms with E-state index in [0.717, 1.165) is 16.2 Å². The van der Waals surface area contributed by atoms with E-state index in [1.165, 1.54) is 14.2 Å². The van der Waals surface area contributed by atoms with Crippen LogP contribution in [-0.4, -0.2) is 37.8 Å². The van der Waals surface area contributed by atoms with Crippen molar-refractivity contribution in [3.05, 3.63) is 44.9 Å². The van der Waals surface area contributed by atoms with Crippen LogP contribution in [0.15, 0.2) is 39.3 Å². The molecule has 0 aromatic heterocycles. The Kier molecular flexibility index (Phi) is 6.83. The molecule has 0 aliphatic carbocycles. The third-order valence-electron chi connectivity index (χ3n) is 3.75. The van der Waals surface area contributed by atoms with E-state index < -0.39 is 29.7 Å². The van der Waals surface area contributed by atoms with Gasteiger partial charge in [0, 0.05) is 10.4 Å². The Labute approximate surface area is 162 Å². The molecule has 0 fully saturated rings. The lowest BCUT2D eigenvalue weighted by Gasteiger charge is -2.30. The number of nitrogens with zero attached hydrogens (tertiary/aromatic N) is 1. The predicted molar refractivity (Wildman–Crippen MR) is 97.6 cm³/mol. The Bertz CT molecular complexity index is 818. The van der Waals surface area contributed by atoms with Gasteiger partial charge in [0.2, 0.25) is 5.91 Å². The van der Waals surface area contributed by atoms with E-state index in [1.807, 2.05) is 0 Å². The molecule has 2 atom stereocenters. The zero-order valence-electron chi connectivity index (χ0n) is 13.9. The van der Waals surface area contributed by atoms with E-state index in [-0.39, 0.29) is 16.4 Å². The number of amides is 1. The van der Waals surface area contributed by atoms with E-state index in [9.17, 15) is 19.6 Å². The van der Waals surface area contributed by atoms with Crippen molar-refractivity contribution in [1.82, 2.24) is 5.32 Å². The van der Waals surface area contributed by atoms with Gasteiger partial charge in [-0.1, -0.05) is 39.8 Å². The number of hydrogen-bond donors (Lipinski definition) is 1. The molecule has 9 heteroatoms. The largest absolute Gasteiger partial charge is 0.468 e. The van der Waals surface area contributed by atoms with Crippen molar-refractivity contribution in [3.63, 3.8) is 0 Å². The molecule has 0 saturated carbocycles. The van der Waals surface area contributed by atoms with Crippen molar-refractivity contribution in [2.24, 2.45) is 5.92 Å². The SMILES string of the molecule is COC(=O)CSC1=C(C#N)[C@H](c2cccc(Br)c2)[C@H](C(=O)OC)C(=O)N1. The van der Waals surface area contributed by atoms with Gasteiger partial charge in [-0.15, -0.1) is 0 Å². The third-order valence-corrected chi connectivity index (χ3v) is 5.24. The molecule has 1 amide bonds. The average Bonchev–Trinajstić information content (AvgIpc) is 2.64. The van der Waals surface area contributed by atoms with Crippen molar-refractivity contribution in [2.45, 2.75) is 5.92 Å². The summed E-state index contributed by atoms with van der Waals surface area (Å²) in [6.45, 7) is 0. The molecule has 1 aromatic carbocycles. The fraction of sp³-hybridized carbons (Fsp3) is 0.294. The molecule has 7 nitrogen and oxygen atoms in total. The number of esters is 2. The lowest BCUT2D eigenvalue weighted by atomic mass is 9.78. The van der Waals surface area contributed by atoms with E-state index in [4.69, 9.17) is 4.74 Å². The van der Waals surface area contributed by atoms with Gasteiger partial charge in [-0.2, -0.15) is 5.26 Å². The van der Waals surface area contributed by atoms with Gasteiger partial charge in [-0.25, -0.2) is 0 Å². The van der Waals surface area contributed by atoms with Gasteiger partial charge in [0.05, 0.1) is 36.6 Å². The number of thioether (sulfide) groups is 1. The van der Waals surface area contributed by atoms with Gasteiger partial charge < -0.3 is 14.8 Å². The first-order chi connectivity index (χ1) is 12.4. The molecule has 26 heavy (non-hydrogen) atoms. The third kappa shape index (κ3) is 4.26. The Morgan fingerprint density at radius 1 is 1.35 bits per heavy atom. The molecule has 1 aromatic rings. The zero-order valence-corrected chi connectivity index (χ0v) is 16.3. The van der Waals surface area contributed by atoms with E-state index in [2.05, 4.69) is 32.1 Å². The first-order valence-corrected chi connectivity index (χ1v) is 9.18. The summed E-state index contributed by atoms with van der Waals surface area (Å²) in [5, 5.41) is 12.5. The van der Waals surface area contributed by atoms with E-state index >= 15 is 0 Å².